The number of carbonyl (C=O) groups excluding carboxylic acids is 4. The first-order chi connectivity index (χ1) is 19.2. The number of para-hydroxylation sites is 2. The van der Waals surface area contributed by atoms with Crippen LogP contribution >= 0.6 is 0 Å². The molecule has 10 heteroatoms. The zero-order valence-corrected chi connectivity index (χ0v) is 22.3. The summed E-state index contributed by atoms with van der Waals surface area (Å²) in [4.78, 5) is 58.4. The number of nitrogens with one attached hydrogen (secondary N) is 1. The van der Waals surface area contributed by atoms with Gasteiger partial charge in [0.25, 0.3) is 11.8 Å². The van der Waals surface area contributed by atoms with Crippen molar-refractivity contribution in [3.05, 3.63) is 88.7 Å². The van der Waals surface area contributed by atoms with E-state index in [1.54, 1.807) is 18.2 Å². The van der Waals surface area contributed by atoms with Crippen molar-refractivity contribution >= 4 is 40.9 Å². The van der Waals surface area contributed by atoms with Gasteiger partial charge >= 0.3 is 12.0 Å². The summed E-state index contributed by atoms with van der Waals surface area (Å²) in [5.74, 6) is -2.27. The van der Waals surface area contributed by atoms with Crippen LogP contribution in [0, 0.1) is 12.7 Å². The normalized spacial score (nSPS) is 14.7. The lowest BCUT2D eigenvalue weighted by Crippen LogP contribution is -2.51. The van der Waals surface area contributed by atoms with Crippen LogP contribution in [0.25, 0.3) is 0 Å². The highest BCUT2D eigenvalue weighted by Gasteiger charge is 2.37. The molecule has 9 nitrogen and oxygen atoms in total. The van der Waals surface area contributed by atoms with Crippen molar-refractivity contribution in [1.29, 1.82) is 0 Å². The number of amides is 4. The van der Waals surface area contributed by atoms with E-state index in [4.69, 9.17) is 4.84 Å². The smallest absolute Gasteiger partial charge is 0.330 e. The second-order valence-corrected chi connectivity index (χ2v) is 9.81. The van der Waals surface area contributed by atoms with Crippen LogP contribution in [-0.2, 0) is 27.4 Å². The molecule has 0 atom stereocenters. The van der Waals surface area contributed by atoms with E-state index in [2.05, 4.69) is 11.4 Å². The molecule has 3 aromatic rings. The second kappa shape index (κ2) is 11.2. The minimum atomic E-state index is -0.751. The number of anilines is 3. The number of nitrogens with zero attached hydrogens (tertiary/aromatic N) is 3. The Kier molecular flexibility index (Phi) is 7.50. The highest BCUT2D eigenvalue weighted by atomic mass is 19.1. The molecule has 0 saturated heterocycles. The first-order valence-electron chi connectivity index (χ1n) is 13.1. The molecule has 0 unspecified atom stereocenters. The zero-order chi connectivity index (χ0) is 28.4. The second-order valence-electron chi connectivity index (χ2n) is 9.81. The van der Waals surface area contributed by atoms with E-state index < -0.39 is 30.3 Å². The van der Waals surface area contributed by atoms with Crippen LogP contribution < -0.4 is 20.2 Å². The molecule has 0 aliphatic carbocycles. The van der Waals surface area contributed by atoms with Gasteiger partial charge in [-0.2, -0.15) is 0 Å². The van der Waals surface area contributed by atoms with Crippen molar-refractivity contribution in [3.8, 4) is 0 Å². The molecule has 5 rings (SSSR count). The largest absolute Gasteiger partial charge is 0.334 e. The molecule has 0 bridgehead atoms. The van der Waals surface area contributed by atoms with Gasteiger partial charge in [0.1, 0.15) is 23.7 Å². The van der Waals surface area contributed by atoms with Crippen LogP contribution in [0.15, 0.2) is 60.7 Å². The van der Waals surface area contributed by atoms with Gasteiger partial charge in [0, 0.05) is 31.3 Å². The molecule has 0 saturated carbocycles. The van der Waals surface area contributed by atoms with Crippen LogP contribution in [0.2, 0.25) is 0 Å². The molecule has 206 valence electrons. The summed E-state index contributed by atoms with van der Waals surface area (Å²) < 4.78 is 14.8. The number of urea groups is 1. The Bertz CT molecular complexity index is 1510. The van der Waals surface area contributed by atoms with Gasteiger partial charge in [-0.15, -0.1) is 5.06 Å². The molecule has 0 aromatic heterocycles. The van der Waals surface area contributed by atoms with Crippen molar-refractivity contribution in [3.63, 3.8) is 0 Å². The van der Waals surface area contributed by atoms with Crippen LogP contribution in [0.3, 0.4) is 0 Å². The predicted octanol–water partition coefficient (Wildman–Crippen LogP) is 4.66. The number of hydroxylamine groups is 1. The lowest BCUT2D eigenvalue weighted by molar-refractivity contribution is -0.148. The topological polar surface area (TPSA) is 99.3 Å². The van der Waals surface area contributed by atoms with Crippen molar-refractivity contribution in [2.75, 3.05) is 28.0 Å². The summed E-state index contributed by atoms with van der Waals surface area (Å²) in [5, 5.41) is 3.44. The van der Waals surface area contributed by atoms with Crippen LogP contribution in [0.1, 0.15) is 46.8 Å². The zero-order valence-electron chi connectivity index (χ0n) is 22.3. The molecule has 0 radical (unpaired) electrons. The maximum atomic E-state index is 14.8. The van der Waals surface area contributed by atoms with Gasteiger partial charge in [0.15, 0.2) is 0 Å². The minimum absolute atomic E-state index is 0.0456. The summed E-state index contributed by atoms with van der Waals surface area (Å²) in [6.07, 6.45) is 2.89. The summed E-state index contributed by atoms with van der Waals surface area (Å²) in [6.45, 7) is 3.20. The quantitative estimate of drug-likeness (QED) is 0.515. The molecule has 3 aromatic carbocycles. The highest BCUT2D eigenvalue weighted by Crippen LogP contribution is 2.36. The number of fused-ring (bicyclic) bond motifs is 2. The standard InChI is InChI=1S/C30H29FN4O5/c1-19-16-22(29(38)33-15-6-5-9-21-8-3-4-11-25(21)33)13-14-23(19)17-32-30(39)34-18-27(37)35(40-20(2)36)26-12-7-10-24(31)28(26)34/h3-4,7-8,10-14,16H,5-6,9,15,17-18H2,1-2H3,(H,32,39). The number of hydrogen-bond acceptors (Lipinski definition) is 5. The first-order valence-corrected chi connectivity index (χ1v) is 13.1. The van der Waals surface area contributed by atoms with Crippen molar-refractivity contribution in [2.24, 2.45) is 0 Å². The lowest BCUT2D eigenvalue weighted by Gasteiger charge is -2.34. The van der Waals surface area contributed by atoms with Gasteiger partial charge in [0.2, 0.25) is 0 Å². The summed E-state index contributed by atoms with van der Waals surface area (Å²) in [6, 6.07) is 16.5. The van der Waals surface area contributed by atoms with Crippen molar-refractivity contribution < 1.29 is 28.4 Å². The van der Waals surface area contributed by atoms with Gasteiger partial charge in [-0.1, -0.05) is 30.3 Å². The summed E-state index contributed by atoms with van der Waals surface area (Å²) in [5.41, 5.74) is 4.00. The summed E-state index contributed by atoms with van der Waals surface area (Å²) >= 11 is 0. The molecule has 2 heterocycles. The summed E-state index contributed by atoms with van der Waals surface area (Å²) in [7, 11) is 0. The Morgan fingerprint density at radius 3 is 2.52 bits per heavy atom. The third-order valence-electron chi connectivity index (χ3n) is 7.06. The van der Waals surface area contributed by atoms with Gasteiger partial charge in [-0.05, 0) is 73.2 Å². The minimum Gasteiger partial charge on any atom is -0.334 e. The third kappa shape index (κ3) is 5.25. The Hall–Kier alpha value is -4.73. The fraction of sp³-hybridized carbons (Fsp3) is 0.267. The average Bonchev–Trinajstić information content (AvgIpc) is 3.15. The number of hydrogen-bond donors (Lipinski definition) is 1. The van der Waals surface area contributed by atoms with E-state index in [0.717, 1.165) is 59.5 Å². The molecule has 2 aliphatic rings. The van der Waals surface area contributed by atoms with Crippen molar-refractivity contribution in [1.82, 2.24) is 5.32 Å². The maximum Gasteiger partial charge on any atom is 0.330 e. The van der Waals surface area contributed by atoms with Gasteiger partial charge < -0.3 is 15.1 Å². The molecule has 0 fully saturated rings. The fourth-order valence-corrected chi connectivity index (χ4v) is 5.10. The van der Waals surface area contributed by atoms with Crippen LogP contribution in [0.5, 0.6) is 0 Å². The van der Waals surface area contributed by atoms with Crippen LogP contribution in [0.4, 0.5) is 26.2 Å². The molecular formula is C30H29FN4O5. The Balaban J connectivity index is 1.31. The van der Waals surface area contributed by atoms with Gasteiger partial charge in [0.05, 0.1) is 0 Å². The first kappa shape index (κ1) is 26.9. The predicted molar refractivity (Wildman–Crippen MR) is 147 cm³/mol. The Labute approximate surface area is 231 Å². The van der Waals surface area contributed by atoms with E-state index in [1.807, 2.05) is 30.0 Å². The molecule has 4 amide bonds. The monoisotopic (exact) mass is 544 g/mol. The van der Waals surface area contributed by atoms with E-state index in [0.29, 0.717) is 17.2 Å². The van der Waals surface area contributed by atoms with E-state index in [-0.39, 0.29) is 23.8 Å². The molecular weight excluding hydrogens is 515 g/mol. The number of rotatable bonds is 4. The Morgan fingerprint density at radius 2 is 1.75 bits per heavy atom. The van der Waals surface area contributed by atoms with E-state index >= 15 is 0 Å². The van der Waals surface area contributed by atoms with E-state index in [1.165, 1.54) is 12.1 Å². The van der Waals surface area contributed by atoms with Gasteiger partial charge in [-0.25, -0.2) is 14.0 Å². The van der Waals surface area contributed by atoms with E-state index in [9.17, 15) is 23.6 Å². The van der Waals surface area contributed by atoms with Gasteiger partial charge in [-0.3, -0.25) is 14.5 Å². The van der Waals surface area contributed by atoms with Crippen molar-refractivity contribution in [2.45, 2.75) is 39.7 Å². The lowest BCUT2D eigenvalue weighted by atomic mass is 10.0. The number of aryl methyl sites for hydroxylation is 2. The number of halogens is 1. The highest BCUT2D eigenvalue weighted by molar-refractivity contribution is 6.10. The van der Waals surface area contributed by atoms with Crippen LogP contribution in [-0.4, -0.2) is 36.9 Å². The fourth-order valence-electron chi connectivity index (χ4n) is 5.10. The number of benzene rings is 3. The number of carbonyl (C=O) groups is 4. The maximum absolute atomic E-state index is 14.8. The molecule has 2 aliphatic heterocycles. The third-order valence-corrected chi connectivity index (χ3v) is 7.06. The SMILES string of the molecule is CC(=O)ON1C(=O)CN(C(=O)NCc2ccc(C(=O)N3CCCCc4ccccc43)cc2C)c2c(F)cccc21. The molecule has 0 spiro atoms. The molecule has 40 heavy (non-hydrogen) atoms. The molecule has 1 N–H and O–H groups in total. The Morgan fingerprint density at radius 1 is 0.975 bits per heavy atom. The average molecular weight is 545 g/mol.